The van der Waals surface area contributed by atoms with Gasteiger partial charge < -0.3 is 23.4 Å². The molecule has 1 aromatic heterocycles. The summed E-state index contributed by atoms with van der Waals surface area (Å²) in [5, 5.41) is 0. The molecular weight excluding hydrogens is 456 g/mol. The third-order valence-electron chi connectivity index (χ3n) is 6.92. The van der Waals surface area contributed by atoms with Crippen molar-refractivity contribution in [1.29, 1.82) is 0 Å². The van der Waals surface area contributed by atoms with Crippen LogP contribution < -0.4 is 11.4 Å². The van der Waals surface area contributed by atoms with Gasteiger partial charge >= 0.3 is 22.8 Å². The molecule has 0 unspecified atom stereocenters. The van der Waals surface area contributed by atoms with Crippen molar-refractivity contribution in [3.05, 3.63) is 22.7 Å². The van der Waals surface area contributed by atoms with Crippen molar-refractivity contribution >= 4 is 29.7 Å². The van der Waals surface area contributed by atoms with Crippen LogP contribution >= 0.6 is 0 Å². The molecule has 2 radical (unpaired) electrons. The topological polar surface area (TPSA) is 110 Å². The summed E-state index contributed by atoms with van der Waals surface area (Å²) in [5.41, 5.74) is 5.80. The summed E-state index contributed by atoms with van der Waals surface area (Å²) < 4.78 is 28.5. The Bertz CT molecular complexity index is 891. The molecule has 184 valence electrons. The number of hydrogen-bond acceptors (Lipinski definition) is 8. The highest BCUT2D eigenvalue weighted by Gasteiger charge is 2.61. The van der Waals surface area contributed by atoms with Gasteiger partial charge in [-0.15, -0.1) is 0 Å². The van der Waals surface area contributed by atoms with Crippen molar-refractivity contribution < 1.29 is 17.7 Å². The number of ether oxygens (including phenoxy) is 1. The summed E-state index contributed by atoms with van der Waals surface area (Å²) in [6, 6.07) is 0.797. The van der Waals surface area contributed by atoms with Crippen LogP contribution in [0.1, 0.15) is 61.6 Å². The van der Waals surface area contributed by atoms with Crippen LogP contribution in [0.15, 0.2) is 22.1 Å². The van der Waals surface area contributed by atoms with Crippen LogP contribution in [0.2, 0.25) is 22.2 Å². The maximum atomic E-state index is 12.6. The molecule has 0 spiro atoms. The third kappa shape index (κ3) is 4.51. The van der Waals surface area contributed by atoms with Gasteiger partial charge in [0, 0.05) is 6.20 Å². The standard InChI is InChI=1S/C22H38N4O5Si2/c1-13(2)32(14(3)4)28-12-17-20(30-33(31-32,15(5)6)16(7)8)19(24-9)21(29-17)26-11-10-18(23)25-22(26)27/h10-11,13-17,19-21H,12H2,1-8H3,(H2,23,25,27)/t17-,19+,20-,21-/m1/s1. The van der Waals surface area contributed by atoms with Gasteiger partial charge in [0.25, 0.3) is 0 Å². The van der Waals surface area contributed by atoms with Crippen LogP contribution in [0.4, 0.5) is 5.82 Å². The number of hydrogen-bond donors (Lipinski definition) is 1. The first-order valence-corrected chi connectivity index (χ1v) is 15.7. The molecule has 2 aliphatic rings. The number of anilines is 1. The van der Waals surface area contributed by atoms with Crippen LogP contribution in [0.3, 0.4) is 0 Å². The molecule has 9 nitrogen and oxygen atoms in total. The summed E-state index contributed by atoms with van der Waals surface area (Å²) in [6.45, 7) is 25.4. The molecule has 1 aromatic rings. The van der Waals surface area contributed by atoms with Crippen LogP contribution in [-0.4, -0.2) is 58.2 Å². The van der Waals surface area contributed by atoms with Gasteiger partial charge in [-0.1, -0.05) is 55.4 Å². The summed E-state index contributed by atoms with van der Waals surface area (Å²) in [6.07, 6.45) is -0.364. The predicted octanol–water partition coefficient (Wildman–Crippen LogP) is 3.50. The van der Waals surface area contributed by atoms with Crippen molar-refractivity contribution in [3.8, 4) is 0 Å². The van der Waals surface area contributed by atoms with E-state index in [1.54, 1.807) is 0 Å². The maximum Gasteiger partial charge on any atom is 0.351 e. The molecule has 2 aliphatic heterocycles. The van der Waals surface area contributed by atoms with Crippen LogP contribution in [-0.2, 0) is 17.7 Å². The lowest BCUT2D eigenvalue weighted by atomic mass is 10.1. The highest BCUT2D eigenvalue weighted by Crippen LogP contribution is 2.48. The van der Waals surface area contributed by atoms with Gasteiger partial charge in [-0.05, 0) is 28.2 Å². The summed E-state index contributed by atoms with van der Waals surface area (Å²) in [7, 11) is -5.60. The van der Waals surface area contributed by atoms with E-state index in [2.05, 4.69) is 65.4 Å². The van der Waals surface area contributed by atoms with E-state index < -0.39 is 47.3 Å². The number of fused-ring (bicyclic) bond motifs is 1. The zero-order valence-electron chi connectivity index (χ0n) is 20.9. The zero-order valence-corrected chi connectivity index (χ0v) is 22.9. The summed E-state index contributed by atoms with van der Waals surface area (Å²) >= 11 is 0. The normalized spacial score (nSPS) is 29.3. The highest BCUT2D eigenvalue weighted by molar-refractivity contribution is 6.83. The molecule has 0 bridgehead atoms. The predicted molar refractivity (Wildman–Crippen MR) is 132 cm³/mol. The molecular formula is C22H38N4O5Si2. The molecule has 3 rings (SSSR count). The lowest BCUT2D eigenvalue weighted by Gasteiger charge is -2.51. The van der Waals surface area contributed by atoms with Crippen molar-refractivity contribution in [2.45, 2.75) is 102 Å². The van der Waals surface area contributed by atoms with E-state index in [1.165, 1.54) is 16.8 Å². The van der Waals surface area contributed by atoms with Crippen molar-refractivity contribution in [1.82, 2.24) is 9.55 Å². The van der Waals surface area contributed by atoms with Crippen molar-refractivity contribution in [2.75, 3.05) is 12.3 Å². The van der Waals surface area contributed by atoms with Gasteiger partial charge in [0.2, 0.25) is 0 Å². The zero-order chi connectivity index (χ0) is 24.7. The Morgan fingerprint density at radius 1 is 1.09 bits per heavy atom. The van der Waals surface area contributed by atoms with Gasteiger partial charge in [-0.25, -0.2) is 4.79 Å². The molecule has 0 aromatic carbocycles. The quantitative estimate of drug-likeness (QED) is 0.476. The Kier molecular flexibility index (Phi) is 7.71. The smallest absolute Gasteiger partial charge is 0.351 e. The summed E-state index contributed by atoms with van der Waals surface area (Å²) in [4.78, 5) is 20.2. The van der Waals surface area contributed by atoms with E-state index in [9.17, 15) is 4.79 Å². The number of aliphatic imine (C=N–C) groups is 1. The van der Waals surface area contributed by atoms with Gasteiger partial charge in [0.05, 0.1) is 6.61 Å². The minimum absolute atomic E-state index is 0.128. The third-order valence-corrected chi connectivity index (χ3v) is 17.2. The highest BCUT2D eigenvalue weighted by atomic mass is 28.5. The van der Waals surface area contributed by atoms with Crippen molar-refractivity contribution in [3.63, 3.8) is 0 Å². The first kappa shape index (κ1) is 26.2. The first-order chi connectivity index (χ1) is 15.4. The Morgan fingerprint density at radius 3 is 2.15 bits per heavy atom. The largest absolute Gasteiger partial charge is 0.414 e. The molecule has 2 saturated heterocycles. The lowest BCUT2D eigenvalue weighted by molar-refractivity contribution is -0.0567. The summed E-state index contributed by atoms with van der Waals surface area (Å²) in [5.74, 6) is 0.128. The van der Waals surface area contributed by atoms with Crippen molar-refractivity contribution in [2.24, 2.45) is 4.99 Å². The van der Waals surface area contributed by atoms with E-state index in [0.717, 1.165) is 0 Å². The monoisotopic (exact) mass is 494 g/mol. The van der Waals surface area contributed by atoms with Crippen LogP contribution in [0.5, 0.6) is 0 Å². The van der Waals surface area contributed by atoms with E-state index >= 15 is 0 Å². The Balaban J connectivity index is 2.12. The lowest BCUT2D eigenvalue weighted by Crippen LogP contribution is -2.65. The molecule has 11 heteroatoms. The minimum atomic E-state index is -2.89. The molecule has 0 saturated carbocycles. The Morgan fingerprint density at radius 2 is 1.67 bits per heavy atom. The number of nitrogens with two attached hydrogens (primary N) is 1. The van der Waals surface area contributed by atoms with Gasteiger partial charge in [0.15, 0.2) is 6.23 Å². The van der Waals surface area contributed by atoms with Gasteiger partial charge in [-0.3, -0.25) is 9.56 Å². The molecule has 0 aliphatic carbocycles. The Labute approximate surface area is 199 Å². The second-order valence-electron chi connectivity index (χ2n) is 10.3. The second kappa shape index (κ2) is 9.70. The first-order valence-electron chi connectivity index (χ1n) is 11.8. The molecule has 0 amide bonds. The fraction of sp³-hybridized carbons (Fsp3) is 0.773. The van der Waals surface area contributed by atoms with E-state index in [0.29, 0.717) is 0 Å². The Hall–Kier alpha value is -1.38. The molecule has 3 heterocycles. The second-order valence-corrected chi connectivity index (χ2v) is 19.1. The average molecular weight is 495 g/mol. The van der Waals surface area contributed by atoms with E-state index in [-0.39, 0.29) is 34.6 Å². The minimum Gasteiger partial charge on any atom is -0.414 e. The number of rotatable bonds is 6. The molecule has 4 atom stereocenters. The average Bonchev–Trinajstić information content (AvgIpc) is 3.03. The number of nitrogen functional groups attached to an aromatic ring is 1. The maximum absolute atomic E-state index is 12.6. The SMILES string of the molecule is [C]=N[C@H]1[C@@H]2O[Si](C(C)C)(C(C)C)O[Si](C(C)C)(C(C)C)OC[C@H]2O[C@H]1n1ccc(N)nc1=O. The number of aromatic nitrogens is 2. The van der Waals surface area contributed by atoms with Crippen LogP contribution in [0, 0.1) is 0 Å². The molecule has 2 N–H and O–H groups in total. The molecule has 2 fully saturated rings. The number of nitrogens with zero attached hydrogens (tertiary/aromatic N) is 3. The molecule has 33 heavy (non-hydrogen) atoms. The van der Waals surface area contributed by atoms with Crippen LogP contribution in [0.25, 0.3) is 0 Å². The van der Waals surface area contributed by atoms with E-state index in [1.807, 2.05) is 0 Å². The fourth-order valence-corrected chi connectivity index (χ4v) is 16.3. The fourth-order valence-electron chi connectivity index (χ4n) is 5.12. The van der Waals surface area contributed by atoms with Gasteiger partial charge in [0.1, 0.15) is 30.8 Å². The van der Waals surface area contributed by atoms with Gasteiger partial charge in [-0.2, -0.15) is 4.98 Å². The van der Waals surface area contributed by atoms with E-state index in [4.69, 9.17) is 30.2 Å².